The van der Waals surface area contributed by atoms with Gasteiger partial charge in [0, 0.05) is 22.6 Å². The number of thioether (sulfide) groups is 1. The van der Waals surface area contributed by atoms with E-state index in [0.717, 1.165) is 34.0 Å². The Kier molecular flexibility index (Phi) is 5.82. The summed E-state index contributed by atoms with van der Waals surface area (Å²) in [5, 5.41) is 7.89. The molecule has 4 rings (SSSR count). The van der Waals surface area contributed by atoms with Crippen LogP contribution in [0.3, 0.4) is 0 Å². The zero-order valence-electron chi connectivity index (χ0n) is 18.2. The number of carbonyl (C=O) groups is 1. The van der Waals surface area contributed by atoms with Gasteiger partial charge < -0.3 is 19.5 Å². The first-order chi connectivity index (χ1) is 15.0. The van der Waals surface area contributed by atoms with Crippen molar-refractivity contribution >= 4 is 23.5 Å². The maximum Gasteiger partial charge on any atom is 0.257 e. The van der Waals surface area contributed by atoms with Crippen LogP contribution in [0.5, 0.6) is 17.2 Å². The van der Waals surface area contributed by atoms with Gasteiger partial charge in [-0.25, -0.2) is 4.68 Å². The molecular weight excluding hydrogens is 414 g/mol. The second-order valence-corrected chi connectivity index (χ2v) is 8.32. The highest BCUT2D eigenvalue weighted by atomic mass is 32.2. The number of aromatic nitrogens is 2. The van der Waals surface area contributed by atoms with Gasteiger partial charge in [-0.05, 0) is 37.6 Å². The number of anilines is 1. The number of hydrogen-bond donors (Lipinski definition) is 1. The lowest BCUT2D eigenvalue weighted by molar-refractivity contribution is 0.102. The largest absolute Gasteiger partial charge is 0.493 e. The average Bonchev–Trinajstić information content (AvgIpc) is 3.35. The maximum absolute atomic E-state index is 13.3. The molecule has 3 aromatic rings. The Labute approximate surface area is 185 Å². The van der Waals surface area contributed by atoms with Crippen molar-refractivity contribution in [1.29, 1.82) is 0 Å². The third-order valence-corrected chi connectivity index (χ3v) is 6.26. The minimum Gasteiger partial charge on any atom is -0.493 e. The molecule has 1 N–H and O–H groups in total. The van der Waals surface area contributed by atoms with Crippen molar-refractivity contribution in [2.45, 2.75) is 25.4 Å². The minimum absolute atomic E-state index is 0.273. The normalized spacial score (nSPS) is 12.4. The highest BCUT2D eigenvalue weighted by Gasteiger charge is 2.26. The molecule has 8 heteroatoms. The monoisotopic (exact) mass is 439 g/mol. The Bertz CT molecular complexity index is 1130. The molecule has 0 bridgehead atoms. The fourth-order valence-electron chi connectivity index (χ4n) is 3.75. The lowest BCUT2D eigenvalue weighted by Gasteiger charge is -2.16. The summed E-state index contributed by atoms with van der Waals surface area (Å²) >= 11 is 1.79. The van der Waals surface area contributed by atoms with Gasteiger partial charge in [0.15, 0.2) is 11.5 Å². The molecule has 0 saturated heterocycles. The Hall–Kier alpha value is -3.13. The Morgan fingerprint density at radius 1 is 1.03 bits per heavy atom. The number of hydrogen-bond acceptors (Lipinski definition) is 6. The summed E-state index contributed by atoms with van der Waals surface area (Å²) in [6.45, 7) is 4.11. The number of amides is 1. The number of aryl methyl sites for hydroxylation is 2. The molecule has 0 aliphatic carbocycles. The zero-order valence-corrected chi connectivity index (χ0v) is 19.1. The zero-order chi connectivity index (χ0) is 22.1. The fraction of sp³-hybridized carbons (Fsp3) is 0.304. The standard InChI is InChI=1S/C23H25N3O4S/c1-13-6-7-18(14(2)8-13)26-22(16-11-31-12-17(16)25-26)24-23(27)15-9-19(28-3)21(30-5)20(10-15)29-4/h6-10H,11-12H2,1-5H3,(H,24,27). The van der Waals surface area contributed by atoms with E-state index in [0.29, 0.717) is 28.6 Å². The lowest BCUT2D eigenvalue weighted by atomic mass is 10.1. The average molecular weight is 440 g/mol. The van der Waals surface area contributed by atoms with Crippen molar-refractivity contribution in [1.82, 2.24) is 9.78 Å². The molecular formula is C23H25N3O4S. The molecule has 162 valence electrons. The number of nitrogens with zero attached hydrogens (tertiary/aromatic N) is 2. The number of ether oxygens (including phenoxy) is 3. The van der Waals surface area contributed by atoms with E-state index in [2.05, 4.69) is 31.3 Å². The molecule has 0 radical (unpaired) electrons. The number of benzene rings is 2. The van der Waals surface area contributed by atoms with E-state index in [4.69, 9.17) is 19.3 Å². The van der Waals surface area contributed by atoms with Crippen molar-refractivity contribution in [3.05, 3.63) is 58.3 Å². The lowest BCUT2D eigenvalue weighted by Crippen LogP contribution is -2.17. The van der Waals surface area contributed by atoms with Gasteiger partial charge in [-0.15, -0.1) is 0 Å². The van der Waals surface area contributed by atoms with Crippen LogP contribution in [0, 0.1) is 13.8 Å². The molecule has 0 unspecified atom stereocenters. The van der Waals surface area contributed by atoms with Crippen molar-refractivity contribution in [3.63, 3.8) is 0 Å². The molecule has 1 amide bonds. The maximum atomic E-state index is 13.3. The van der Waals surface area contributed by atoms with Crippen LogP contribution in [0.1, 0.15) is 32.7 Å². The third-order valence-electron chi connectivity index (χ3n) is 5.29. The topological polar surface area (TPSA) is 74.6 Å². The first kappa shape index (κ1) is 21.1. The summed E-state index contributed by atoms with van der Waals surface area (Å²) < 4.78 is 18.0. The summed E-state index contributed by atoms with van der Waals surface area (Å²) in [6, 6.07) is 9.48. The van der Waals surface area contributed by atoms with Crippen LogP contribution in [-0.4, -0.2) is 37.0 Å². The number of fused-ring (bicyclic) bond motifs is 1. The van der Waals surface area contributed by atoms with Gasteiger partial charge in [0.05, 0.1) is 32.7 Å². The fourth-order valence-corrected chi connectivity index (χ4v) is 4.79. The molecule has 31 heavy (non-hydrogen) atoms. The van der Waals surface area contributed by atoms with E-state index in [1.165, 1.54) is 26.9 Å². The van der Waals surface area contributed by atoms with E-state index in [-0.39, 0.29) is 5.91 Å². The minimum atomic E-state index is -0.273. The van der Waals surface area contributed by atoms with Crippen LogP contribution in [0.4, 0.5) is 5.82 Å². The summed E-state index contributed by atoms with van der Waals surface area (Å²) in [6.07, 6.45) is 0. The van der Waals surface area contributed by atoms with Crippen LogP contribution in [0.2, 0.25) is 0 Å². The van der Waals surface area contributed by atoms with Gasteiger partial charge in [-0.3, -0.25) is 4.79 Å². The van der Waals surface area contributed by atoms with E-state index >= 15 is 0 Å². The smallest absolute Gasteiger partial charge is 0.257 e. The first-order valence-electron chi connectivity index (χ1n) is 9.84. The van der Waals surface area contributed by atoms with Crippen molar-refractivity contribution in [2.24, 2.45) is 0 Å². The van der Waals surface area contributed by atoms with Crippen LogP contribution in [0.25, 0.3) is 5.69 Å². The summed E-state index contributed by atoms with van der Waals surface area (Å²) in [4.78, 5) is 13.3. The molecule has 7 nitrogen and oxygen atoms in total. The summed E-state index contributed by atoms with van der Waals surface area (Å²) in [5.41, 5.74) is 5.69. The van der Waals surface area contributed by atoms with Crippen LogP contribution in [0.15, 0.2) is 30.3 Å². The molecule has 1 aromatic heterocycles. The first-order valence-corrected chi connectivity index (χ1v) is 11.0. The highest BCUT2D eigenvalue weighted by Crippen LogP contribution is 2.40. The molecule has 1 aliphatic heterocycles. The Balaban J connectivity index is 1.76. The Morgan fingerprint density at radius 3 is 2.35 bits per heavy atom. The van der Waals surface area contributed by atoms with Gasteiger partial charge in [0.25, 0.3) is 5.91 Å². The van der Waals surface area contributed by atoms with Crippen molar-refractivity contribution in [2.75, 3.05) is 26.6 Å². The predicted molar refractivity (Wildman–Crippen MR) is 122 cm³/mol. The molecule has 0 saturated carbocycles. The SMILES string of the molecule is COc1cc(C(=O)Nc2c3c(nn2-c2ccc(C)cc2C)CSC3)cc(OC)c1OC. The molecule has 0 atom stereocenters. The van der Waals surface area contributed by atoms with Crippen LogP contribution < -0.4 is 19.5 Å². The van der Waals surface area contributed by atoms with Gasteiger partial charge in [0.1, 0.15) is 5.82 Å². The third kappa shape index (κ3) is 3.83. The van der Waals surface area contributed by atoms with E-state index in [1.807, 2.05) is 10.7 Å². The van der Waals surface area contributed by atoms with Gasteiger partial charge in [-0.2, -0.15) is 16.9 Å². The second-order valence-electron chi connectivity index (χ2n) is 7.34. The quantitative estimate of drug-likeness (QED) is 0.609. The van der Waals surface area contributed by atoms with E-state index in [9.17, 15) is 4.79 Å². The number of nitrogens with one attached hydrogen (secondary N) is 1. The van der Waals surface area contributed by atoms with Crippen LogP contribution in [-0.2, 0) is 11.5 Å². The van der Waals surface area contributed by atoms with Crippen LogP contribution >= 0.6 is 11.8 Å². The van der Waals surface area contributed by atoms with E-state index in [1.54, 1.807) is 23.9 Å². The van der Waals surface area contributed by atoms with Gasteiger partial charge in [-0.1, -0.05) is 17.7 Å². The number of carbonyl (C=O) groups excluding carboxylic acids is 1. The summed E-state index contributed by atoms with van der Waals surface area (Å²) in [7, 11) is 4.58. The van der Waals surface area contributed by atoms with E-state index < -0.39 is 0 Å². The molecule has 0 spiro atoms. The van der Waals surface area contributed by atoms with Gasteiger partial charge in [0.2, 0.25) is 5.75 Å². The highest BCUT2D eigenvalue weighted by molar-refractivity contribution is 7.98. The van der Waals surface area contributed by atoms with Gasteiger partial charge >= 0.3 is 0 Å². The molecule has 0 fully saturated rings. The van der Waals surface area contributed by atoms with Crippen molar-refractivity contribution in [3.8, 4) is 22.9 Å². The second kappa shape index (κ2) is 8.55. The molecule has 2 aromatic carbocycles. The Morgan fingerprint density at radius 2 is 1.74 bits per heavy atom. The van der Waals surface area contributed by atoms with Crippen molar-refractivity contribution < 1.29 is 19.0 Å². The summed E-state index contributed by atoms with van der Waals surface area (Å²) in [5.74, 6) is 3.37. The molecule has 1 aliphatic rings. The predicted octanol–water partition coefficient (Wildman–Crippen LogP) is 4.51. The number of methoxy groups -OCH3 is 3. The number of rotatable bonds is 6. The molecule has 2 heterocycles.